The molecule has 4 aromatic rings. The van der Waals surface area contributed by atoms with E-state index in [1.54, 1.807) is 6.07 Å². The Morgan fingerprint density at radius 1 is 1.04 bits per heavy atom. The highest BCUT2D eigenvalue weighted by atomic mass is 35.5. The molecule has 2 aliphatic rings. The van der Waals surface area contributed by atoms with Crippen molar-refractivity contribution in [3.05, 3.63) is 112 Å². The molecular formula is C33H31ClF5N3O8. The summed E-state index contributed by atoms with van der Waals surface area (Å²) in [6, 6.07) is 17.9. The lowest BCUT2D eigenvalue weighted by molar-refractivity contribution is -0.141. The number of hydrogen-bond donors (Lipinski definition) is 5. The predicted octanol–water partition coefficient (Wildman–Crippen LogP) is 4.49. The highest BCUT2D eigenvalue weighted by molar-refractivity contribution is 5.96. The molecule has 11 nitrogen and oxygen atoms in total. The molecule has 1 fully saturated rings. The van der Waals surface area contributed by atoms with E-state index < -0.39 is 60.5 Å². The number of aromatic carboxylic acids is 1. The minimum atomic E-state index is -4.60. The van der Waals surface area contributed by atoms with Crippen molar-refractivity contribution in [2.45, 2.75) is 43.1 Å². The number of nitrogens with zero attached hydrogens (tertiary/aromatic N) is 2. The lowest BCUT2D eigenvalue weighted by Gasteiger charge is -2.31. The average Bonchev–Trinajstić information content (AvgIpc) is 3.29. The van der Waals surface area contributed by atoms with Crippen molar-refractivity contribution in [3.8, 4) is 16.9 Å². The second-order valence-corrected chi connectivity index (χ2v) is 11.4. The van der Waals surface area contributed by atoms with Gasteiger partial charge >= 0.3 is 23.8 Å². The van der Waals surface area contributed by atoms with Gasteiger partial charge in [0.1, 0.15) is 17.7 Å². The van der Waals surface area contributed by atoms with Gasteiger partial charge in [0.15, 0.2) is 6.10 Å². The van der Waals surface area contributed by atoms with Gasteiger partial charge in [0, 0.05) is 17.7 Å². The van der Waals surface area contributed by atoms with Gasteiger partial charge in [-0.2, -0.15) is 26.9 Å². The van der Waals surface area contributed by atoms with Crippen molar-refractivity contribution in [2.75, 3.05) is 18.9 Å². The second kappa shape index (κ2) is 15.1. The molecule has 0 unspecified atom stereocenters. The Kier molecular flexibility index (Phi) is 11.5. The van der Waals surface area contributed by atoms with Crippen molar-refractivity contribution in [1.82, 2.24) is 9.55 Å². The molecule has 268 valence electrons. The fourth-order valence-electron chi connectivity index (χ4n) is 5.57. The summed E-state index contributed by atoms with van der Waals surface area (Å²) in [5, 5.41) is 38.3. The molecule has 0 radical (unpaired) electrons. The Morgan fingerprint density at radius 2 is 1.74 bits per heavy atom. The van der Waals surface area contributed by atoms with Crippen LogP contribution in [0.3, 0.4) is 0 Å². The number of anilines is 1. The van der Waals surface area contributed by atoms with Gasteiger partial charge in [-0.25, -0.2) is 9.59 Å². The van der Waals surface area contributed by atoms with Crippen molar-refractivity contribution in [1.29, 1.82) is 0 Å². The van der Waals surface area contributed by atoms with Gasteiger partial charge in [-0.05, 0) is 53.4 Å². The maximum atomic E-state index is 13.7. The molecule has 2 aliphatic heterocycles. The van der Waals surface area contributed by atoms with Crippen LogP contribution < -0.4 is 16.2 Å². The molecule has 0 spiro atoms. The molecule has 50 heavy (non-hydrogen) atoms. The van der Waals surface area contributed by atoms with E-state index in [-0.39, 0.29) is 47.4 Å². The fraction of sp³-hybridized carbons (Fsp3) is 0.303. The number of carboxylic acids is 1. The summed E-state index contributed by atoms with van der Waals surface area (Å²) in [5.41, 5.74) is 4.83. The van der Waals surface area contributed by atoms with Crippen LogP contribution in [0.5, 0.6) is 5.75 Å². The Bertz CT molecular complexity index is 1880. The molecule has 0 bridgehead atoms. The molecule has 5 atom stereocenters. The van der Waals surface area contributed by atoms with E-state index in [0.717, 1.165) is 36.0 Å². The first-order valence-electron chi connectivity index (χ1n) is 14.7. The molecule has 6 rings (SSSR count). The number of aliphatic hydroxyl groups excluding tert-OH is 3. The van der Waals surface area contributed by atoms with Crippen LogP contribution in [0.1, 0.15) is 39.4 Å². The van der Waals surface area contributed by atoms with Gasteiger partial charge in [0.25, 0.3) is 0 Å². The fourth-order valence-corrected chi connectivity index (χ4v) is 5.57. The topological polar surface area (TPSA) is 177 Å². The van der Waals surface area contributed by atoms with Gasteiger partial charge in [-0.15, -0.1) is 12.4 Å². The normalized spacial score (nSPS) is 22.3. The van der Waals surface area contributed by atoms with Crippen molar-refractivity contribution in [2.24, 2.45) is 5.92 Å². The maximum absolute atomic E-state index is 13.7. The summed E-state index contributed by atoms with van der Waals surface area (Å²) >= 11 is 0. The number of benzene rings is 3. The molecule has 0 saturated carbocycles. The lowest BCUT2D eigenvalue weighted by Crippen LogP contribution is -2.41. The van der Waals surface area contributed by atoms with E-state index in [2.05, 4.69) is 4.98 Å². The van der Waals surface area contributed by atoms with Gasteiger partial charge in [0.05, 0.1) is 30.4 Å². The van der Waals surface area contributed by atoms with Gasteiger partial charge < -0.3 is 35.6 Å². The van der Waals surface area contributed by atoms with Gasteiger partial charge in [0.2, 0.25) is 6.23 Å². The zero-order valence-corrected chi connectivity index (χ0v) is 26.5. The quantitative estimate of drug-likeness (QED) is 0.178. The maximum Gasteiger partial charge on any atom is 0.416 e. The summed E-state index contributed by atoms with van der Waals surface area (Å²) in [6.45, 7) is -0.550. The third-order valence-electron chi connectivity index (χ3n) is 8.12. The second-order valence-electron chi connectivity index (χ2n) is 11.4. The summed E-state index contributed by atoms with van der Waals surface area (Å²) in [5.74, 6) is -5.00. The van der Waals surface area contributed by atoms with Crippen LogP contribution in [0, 0.1) is 5.92 Å². The highest BCUT2D eigenvalue weighted by Crippen LogP contribution is 2.43. The van der Waals surface area contributed by atoms with E-state index in [4.69, 9.17) is 20.3 Å². The SMILES string of the molecule is Cl.Nc1ccn([C@@H]2O[C@H](CO)[C@@H](O)C2(F)F)c(=O)n1.O=C(O)c1ccc(C(F)(F)F)cc1-c1ccc2c(c1)OC[C@H](Cc1ccccc1)[C@H]2O. The first kappa shape index (κ1) is 38.2. The number of halogens is 6. The Labute approximate surface area is 286 Å². The minimum Gasteiger partial charge on any atom is -0.493 e. The third-order valence-corrected chi connectivity index (χ3v) is 8.12. The zero-order valence-electron chi connectivity index (χ0n) is 25.7. The number of aliphatic hydroxyl groups is 3. The van der Waals surface area contributed by atoms with Crippen LogP contribution in [-0.2, 0) is 17.3 Å². The van der Waals surface area contributed by atoms with Crippen molar-refractivity contribution >= 4 is 24.2 Å². The van der Waals surface area contributed by atoms with Crippen LogP contribution in [0.25, 0.3) is 11.1 Å². The van der Waals surface area contributed by atoms with Crippen LogP contribution in [0.15, 0.2) is 83.8 Å². The van der Waals surface area contributed by atoms with Crippen LogP contribution in [0.4, 0.5) is 27.8 Å². The summed E-state index contributed by atoms with van der Waals surface area (Å²) in [4.78, 5) is 26.3. The number of nitrogen functional groups attached to an aromatic ring is 1. The van der Waals surface area contributed by atoms with Crippen molar-refractivity contribution < 1.29 is 56.6 Å². The monoisotopic (exact) mass is 727 g/mol. The van der Waals surface area contributed by atoms with Crippen LogP contribution in [-0.4, -0.2) is 67.3 Å². The Balaban J connectivity index is 0.000000253. The van der Waals surface area contributed by atoms with E-state index >= 15 is 0 Å². The molecule has 3 aromatic carbocycles. The van der Waals surface area contributed by atoms with Gasteiger partial charge in [-0.3, -0.25) is 4.57 Å². The lowest BCUT2D eigenvalue weighted by atomic mass is 9.87. The summed E-state index contributed by atoms with van der Waals surface area (Å²) < 4.78 is 78.0. The molecule has 0 amide bonds. The Morgan fingerprint density at radius 3 is 2.34 bits per heavy atom. The van der Waals surface area contributed by atoms with Crippen molar-refractivity contribution in [3.63, 3.8) is 0 Å². The van der Waals surface area contributed by atoms with Crippen LogP contribution >= 0.6 is 12.4 Å². The van der Waals surface area contributed by atoms with E-state index in [1.165, 1.54) is 12.1 Å². The number of ether oxygens (including phenoxy) is 2. The highest BCUT2D eigenvalue weighted by Gasteiger charge is 2.59. The van der Waals surface area contributed by atoms with Gasteiger partial charge in [-0.1, -0.05) is 42.5 Å². The Hall–Kier alpha value is -4.61. The number of aromatic nitrogens is 2. The smallest absolute Gasteiger partial charge is 0.416 e. The number of carbonyl (C=O) groups is 1. The molecule has 1 saturated heterocycles. The first-order chi connectivity index (χ1) is 23.1. The molecule has 0 aliphatic carbocycles. The average molecular weight is 728 g/mol. The van der Waals surface area contributed by atoms with E-state index in [0.29, 0.717) is 22.3 Å². The first-order valence-corrected chi connectivity index (χ1v) is 14.7. The molecule has 17 heteroatoms. The summed E-state index contributed by atoms with van der Waals surface area (Å²) in [6.07, 6.45) is -9.48. The number of nitrogens with two attached hydrogens (primary N) is 1. The standard InChI is InChI=1S/C24H19F3O4.C9H11F2N3O4.ClH/c25-24(26,27)17-7-9-18(23(29)30)20(12-17)15-6-8-19-21(11-15)31-13-16(22(19)28)10-14-4-2-1-3-5-14;10-9(11)6(16)4(3-15)18-7(9)14-2-1-5(12)13-8(14)17;/h1-9,11-12,16,22,28H,10,13H2,(H,29,30);1-2,4,6-7,15-16H,3H2,(H2,12,13,17);1H/t16-,22+;4-,6-,7-;/m01./s1. The predicted molar refractivity (Wildman–Crippen MR) is 170 cm³/mol. The number of rotatable bonds is 6. The minimum absolute atomic E-state index is 0. The van der Waals surface area contributed by atoms with E-state index in [1.807, 2.05) is 30.3 Å². The third kappa shape index (κ3) is 7.89. The van der Waals surface area contributed by atoms with E-state index in [9.17, 15) is 46.9 Å². The number of carboxylic acid groups (broad SMARTS) is 1. The zero-order chi connectivity index (χ0) is 35.7. The molecule has 1 aromatic heterocycles. The summed E-state index contributed by atoms with van der Waals surface area (Å²) in [7, 11) is 0. The number of fused-ring (bicyclic) bond motifs is 1. The van der Waals surface area contributed by atoms with Crippen LogP contribution in [0.2, 0.25) is 0 Å². The number of hydrogen-bond acceptors (Lipinski definition) is 9. The number of alkyl halides is 5. The largest absolute Gasteiger partial charge is 0.493 e. The molecule has 6 N–H and O–H groups in total. The molecular weight excluding hydrogens is 697 g/mol. The molecule has 3 heterocycles.